The Morgan fingerprint density at radius 2 is 2.00 bits per heavy atom. The number of carboxylic acid groups (broad SMARTS) is 1. The van der Waals surface area contributed by atoms with Gasteiger partial charge in [0, 0.05) is 12.4 Å². The molecule has 0 amide bonds. The molecule has 0 fully saturated rings. The Morgan fingerprint density at radius 1 is 1.35 bits per heavy atom. The largest absolute Gasteiger partial charge is 0.477 e. The van der Waals surface area contributed by atoms with E-state index in [0.29, 0.717) is 11.6 Å². The molecule has 1 N–H and O–H groups in total. The van der Waals surface area contributed by atoms with Gasteiger partial charge >= 0.3 is 5.97 Å². The third-order valence-corrected chi connectivity index (χ3v) is 3.25. The number of benzene rings is 1. The minimum Gasteiger partial charge on any atom is -0.477 e. The van der Waals surface area contributed by atoms with E-state index in [1.807, 2.05) is 13.1 Å². The highest BCUT2D eigenvalue weighted by Crippen LogP contribution is 2.30. The fraction of sp³-hybridized carbons (Fsp3) is 0.357. The zero-order chi connectivity index (χ0) is 12.7. The van der Waals surface area contributed by atoms with E-state index in [9.17, 15) is 4.79 Å². The highest BCUT2D eigenvalue weighted by molar-refractivity contribution is 5.96. The van der Waals surface area contributed by atoms with E-state index in [1.165, 1.54) is 11.1 Å². The molecule has 17 heavy (non-hydrogen) atoms. The van der Waals surface area contributed by atoms with Gasteiger partial charge in [-0.25, -0.2) is 4.79 Å². The molecule has 90 valence electrons. The second-order valence-corrected chi connectivity index (χ2v) is 4.78. The predicted molar refractivity (Wildman–Crippen MR) is 68.7 cm³/mol. The fourth-order valence-electron chi connectivity index (χ4n) is 2.52. The zero-order valence-electron chi connectivity index (χ0n) is 10.6. The smallest absolute Gasteiger partial charge is 0.352 e. The van der Waals surface area contributed by atoms with Gasteiger partial charge in [-0.05, 0) is 30.0 Å². The number of carboxylic acids is 1. The summed E-state index contributed by atoms with van der Waals surface area (Å²) in [5, 5.41) is 10.1. The molecule has 1 heterocycles. The van der Waals surface area contributed by atoms with Gasteiger partial charge in [-0.15, -0.1) is 0 Å². The molecule has 0 saturated carbocycles. The minimum atomic E-state index is -0.879. The highest BCUT2D eigenvalue weighted by atomic mass is 16.4. The molecule has 0 unspecified atom stereocenters. The van der Waals surface area contributed by atoms with Gasteiger partial charge in [0.25, 0.3) is 0 Å². The van der Waals surface area contributed by atoms with Crippen LogP contribution in [0.1, 0.15) is 41.4 Å². The van der Waals surface area contributed by atoms with Gasteiger partial charge in [0.2, 0.25) is 0 Å². The van der Waals surface area contributed by atoms with Crippen LogP contribution in [-0.4, -0.2) is 15.6 Å². The average Bonchev–Trinajstić information content (AvgIpc) is 2.56. The zero-order valence-corrected chi connectivity index (χ0v) is 10.6. The molecule has 0 spiro atoms. The number of fused-ring (bicyclic) bond motifs is 1. The van der Waals surface area contributed by atoms with E-state index in [4.69, 9.17) is 5.11 Å². The monoisotopic (exact) mass is 231 g/mol. The van der Waals surface area contributed by atoms with Crippen molar-refractivity contribution in [2.45, 2.75) is 26.7 Å². The fourth-order valence-corrected chi connectivity index (χ4v) is 2.52. The first kappa shape index (κ1) is 11.7. The van der Waals surface area contributed by atoms with Crippen molar-refractivity contribution in [3.63, 3.8) is 0 Å². The number of nitrogens with zero attached hydrogens (tertiary/aromatic N) is 1. The normalized spacial score (nSPS) is 11.4. The molecule has 3 nitrogen and oxygen atoms in total. The van der Waals surface area contributed by atoms with Crippen molar-refractivity contribution >= 4 is 16.9 Å². The topological polar surface area (TPSA) is 42.2 Å². The minimum absolute atomic E-state index is 0.340. The molecule has 0 saturated heterocycles. The molecule has 0 aliphatic carbocycles. The standard InChI is InChI=1S/C14H17NO2/c1-8(2)12-9(3)5-6-10-7-11(14(16)17)15(4)13(10)12/h5-8H,1-4H3,(H,16,17). The number of rotatable bonds is 2. The molecule has 0 atom stereocenters. The number of aryl methyl sites for hydroxylation is 2. The Labute approximate surface area is 101 Å². The van der Waals surface area contributed by atoms with Gasteiger partial charge in [-0.1, -0.05) is 26.0 Å². The van der Waals surface area contributed by atoms with E-state index in [0.717, 1.165) is 10.9 Å². The number of aromatic nitrogens is 1. The molecule has 0 aliphatic rings. The molecule has 0 aliphatic heterocycles. The van der Waals surface area contributed by atoms with Crippen molar-refractivity contribution in [1.29, 1.82) is 0 Å². The Morgan fingerprint density at radius 3 is 2.53 bits per heavy atom. The quantitative estimate of drug-likeness (QED) is 0.861. The van der Waals surface area contributed by atoms with Gasteiger partial charge in [-0.2, -0.15) is 0 Å². The Hall–Kier alpha value is -1.77. The lowest BCUT2D eigenvalue weighted by atomic mass is 9.95. The van der Waals surface area contributed by atoms with Crippen LogP contribution in [0.25, 0.3) is 10.9 Å². The summed E-state index contributed by atoms with van der Waals surface area (Å²) in [6.07, 6.45) is 0. The number of hydrogen-bond acceptors (Lipinski definition) is 1. The first-order valence-corrected chi connectivity index (χ1v) is 5.75. The number of aromatic carboxylic acids is 1. The molecule has 0 radical (unpaired) electrons. The summed E-state index contributed by atoms with van der Waals surface area (Å²) in [7, 11) is 1.82. The molecule has 1 aromatic heterocycles. The van der Waals surface area contributed by atoms with Crippen molar-refractivity contribution in [1.82, 2.24) is 4.57 Å². The van der Waals surface area contributed by atoms with Crippen LogP contribution >= 0.6 is 0 Å². The summed E-state index contributed by atoms with van der Waals surface area (Å²) in [6, 6.07) is 5.79. The summed E-state index contributed by atoms with van der Waals surface area (Å²) in [6.45, 7) is 6.34. The second-order valence-electron chi connectivity index (χ2n) is 4.78. The first-order valence-electron chi connectivity index (χ1n) is 5.75. The lowest BCUT2D eigenvalue weighted by Crippen LogP contribution is -2.05. The van der Waals surface area contributed by atoms with Crippen molar-refractivity contribution in [2.24, 2.45) is 7.05 Å². The summed E-state index contributed by atoms with van der Waals surface area (Å²) < 4.78 is 1.78. The van der Waals surface area contributed by atoms with Crippen molar-refractivity contribution in [2.75, 3.05) is 0 Å². The third kappa shape index (κ3) is 1.71. The summed E-state index contributed by atoms with van der Waals surface area (Å²) >= 11 is 0. The third-order valence-electron chi connectivity index (χ3n) is 3.25. The Bertz CT molecular complexity index is 594. The summed E-state index contributed by atoms with van der Waals surface area (Å²) in [4.78, 5) is 11.1. The molecule has 1 aromatic carbocycles. The van der Waals surface area contributed by atoms with E-state index >= 15 is 0 Å². The maximum atomic E-state index is 11.1. The predicted octanol–water partition coefficient (Wildman–Crippen LogP) is 3.31. The van der Waals surface area contributed by atoms with Gasteiger partial charge in [0.05, 0.1) is 5.52 Å². The van der Waals surface area contributed by atoms with Crippen molar-refractivity contribution < 1.29 is 9.90 Å². The maximum Gasteiger partial charge on any atom is 0.352 e. The van der Waals surface area contributed by atoms with E-state index < -0.39 is 5.97 Å². The van der Waals surface area contributed by atoms with Crippen LogP contribution in [-0.2, 0) is 7.05 Å². The van der Waals surface area contributed by atoms with E-state index in [-0.39, 0.29) is 0 Å². The second kappa shape index (κ2) is 3.91. The SMILES string of the molecule is Cc1ccc2cc(C(=O)O)n(C)c2c1C(C)C. The van der Waals surface area contributed by atoms with Gasteiger partial charge in [-0.3, -0.25) is 0 Å². The molecule has 3 heteroatoms. The van der Waals surface area contributed by atoms with Gasteiger partial charge in [0.15, 0.2) is 0 Å². The lowest BCUT2D eigenvalue weighted by molar-refractivity contribution is 0.0687. The van der Waals surface area contributed by atoms with Crippen LogP contribution in [0.2, 0.25) is 0 Å². The van der Waals surface area contributed by atoms with Crippen molar-refractivity contribution in [3.05, 3.63) is 35.0 Å². The molecule has 2 aromatic rings. The van der Waals surface area contributed by atoms with Gasteiger partial charge in [0.1, 0.15) is 5.69 Å². The van der Waals surface area contributed by atoms with Crippen LogP contribution in [0.4, 0.5) is 0 Å². The maximum absolute atomic E-state index is 11.1. The van der Waals surface area contributed by atoms with E-state index in [2.05, 4.69) is 26.8 Å². The molecule has 0 bridgehead atoms. The van der Waals surface area contributed by atoms with Crippen LogP contribution < -0.4 is 0 Å². The van der Waals surface area contributed by atoms with Crippen molar-refractivity contribution in [3.8, 4) is 0 Å². The number of hydrogen-bond donors (Lipinski definition) is 1. The molecule has 2 rings (SSSR count). The van der Waals surface area contributed by atoms with Crippen LogP contribution in [0.3, 0.4) is 0 Å². The average molecular weight is 231 g/mol. The molecular formula is C14H17NO2. The lowest BCUT2D eigenvalue weighted by Gasteiger charge is -2.13. The number of carbonyl (C=O) groups is 1. The summed E-state index contributed by atoms with van der Waals surface area (Å²) in [5.41, 5.74) is 3.83. The first-order chi connectivity index (χ1) is 7.93. The molecular weight excluding hydrogens is 214 g/mol. The Kier molecular flexibility index (Phi) is 2.69. The summed E-state index contributed by atoms with van der Waals surface area (Å²) in [5.74, 6) is -0.495. The Balaban J connectivity index is 2.89. The van der Waals surface area contributed by atoms with Crippen LogP contribution in [0.15, 0.2) is 18.2 Å². The highest BCUT2D eigenvalue weighted by Gasteiger charge is 2.17. The van der Waals surface area contributed by atoms with Crippen LogP contribution in [0.5, 0.6) is 0 Å². The van der Waals surface area contributed by atoms with Gasteiger partial charge < -0.3 is 9.67 Å². The van der Waals surface area contributed by atoms with E-state index in [1.54, 1.807) is 10.6 Å². The van der Waals surface area contributed by atoms with Crippen LogP contribution in [0, 0.1) is 6.92 Å².